The normalized spacial score (nSPS) is 10.4. The Hall–Kier alpha value is -1.13. The van der Waals surface area contributed by atoms with Crippen molar-refractivity contribution in [2.75, 3.05) is 12.0 Å². The van der Waals surface area contributed by atoms with Crippen molar-refractivity contribution in [1.29, 1.82) is 0 Å². The van der Waals surface area contributed by atoms with E-state index in [0.29, 0.717) is 6.61 Å². The van der Waals surface area contributed by atoms with Gasteiger partial charge in [-0.15, -0.1) is 0 Å². The van der Waals surface area contributed by atoms with Gasteiger partial charge in [-0.05, 0) is 18.6 Å². The molecule has 4 nitrogen and oxygen atoms in total. The van der Waals surface area contributed by atoms with Gasteiger partial charge in [0.2, 0.25) is 0 Å². The fourth-order valence-corrected chi connectivity index (χ4v) is 1.45. The minimum atomic E-state index is 0.557. The van der Waals surface area contributed by atoms with Gasteiger partial charge in [-0.25, -0.2) is 0 Å². The first-order valence-electron chi connectivity index (χ1n) is 5.86. The SMILES string of the molecule is CCCCCCOCc1cc(NN)ccn1. The molecule has 0 radical (unpaired) electrons. The first-order chi connectivity index (χ1) is 7.86. The molecule has 1 aromatic rings. The number of rotatable bonds is 8. The van der Waals surface area contributed by atoms with Gasteiger partial charge in [0.15, 0.2) is 0 Å². The molecule has 1 aromatic heterocycles. The zero-order chi connectivity index (χ0) is 11.6. The first kappa shape index (κ1) is 12.9. The molecule has 1 rings (SSSR count). The molecule has 0 aliphatic rings. The van der Waals surface area contributed by atoms with E-state index in [1.54, 1.807) is 6.20 Å². The van der Waals surface area contributed by atoms with Crippen LogP contribution in [0.25, 0.3) is 0 Å². The standard InChI is InChI=1S/C12H21N3O/c1-2-3-4-5-8-16-10-12-9-11(15-13)6-7-14-12/h6-7,9H,2-5,8,10,13H2,1H3,(H,14,15). The third-order valence-corrected chi connectivity index (χ3v) is 2.38. The Bertz CT molecular complexity index is 291. The highest BCUT2D eigenvalue weighted by Gasteiger charge is 1.96. The minimum Gasteiger partial charge on any atom is -0.375 e. The van der Waals surface area contributed by atoms with Crippen molar-refractivity contribution in [3.63, 3.8) is 0 Å². The molecule has 0 saturated carbocycles. The van der Waals surface area contributed by atoms with Gasteiger partial charge in [0, 0.05) is 12.8 Å². The highest BCUT2D eigenvalue weighted by molar-refractivity contribution is 5.41. The van der Waals surface area contributed by atoms with Crippen LogP contribution >= 0.6 is 0 Å². The van der Waals surface area contributed by atoms with Crippen molar-refractivity contribution in [2.45, 2.75) is 39.2 Å². The fraction of sp³-hybridized carbons (Fsp3) is 0.583. The number of pyridine rings is 1. The lowest BCUT2D eigenvalue weighted by atomic mass is 10.2. The Labute approximate surface area is 97.2 Å². The van der Waals surface area contributed by atoms with Crippen molar-refractivity contribution in [3.8, 4) is 0 Å². The third kappa shape index (κ3) is 5.09. The Balaban J connectivity index is 2.16. The zero-order valence-electron chi connectivity index (χ0n) is 9.91. The van der Waals surface area contributed by atoms with Gasteiger partial charge in [-0.1, -0.05) is 26.2 Å². The molecule has 0 unspecified atom stereocenters. The minimum absolute atomic E-state index is 0.557. The van der Waals surface area contributed by atoms with Crippen LogP contribution in [0, 0.1) is 0 Å². The molecule has 0 spiro atoms. The summed E-state index contributed by atoms with van der Waals surface area (Å²) in [6.45, 7) is 3.57. The molecular formula is C12H21N3O. The van der Waals surface area contributed by atoms with Crippen LogP contribution in [0.5, 0.6) is 0 Å². The molecule has 0 amide bonds. The monoisotopic (exact) mass is 223 g/mol. The van der Waals surface area contributed by atoms with Crippen molar-refractivity contribution in [3.05, 3.63) is 24.0 Å². The second kappa shape index (κ2) is 8.07. The highest BCUT2D eigenvalue weighted by Crippen LogP contribution is 2.07. The van der Waals surface area contributed by atoms with E-state index in [0.717, 1.165) is 24.4 Å². The summed E-state index contributed by atoms with van der Waals surface area (Å²) in [6, 6.07) is 3.72. The van der Waals surface area contributed by atoms with E-state index in [4.69, 9.17) is 10.6 Å². The number of nitrogens with zero attached hydrogens (tertiary/aromatic N) is 1. The van der Waals surface area contributed by atoms with E-state index in [1.807, 2.05) is 12.1 Å². The summed E-state index contributed by atoms with van der Waals surface area (Å²) in [6.07, 6.45) is 6.64. The Morgan fingerprint density at radius 2 is 2.25 bits per heavy atom. The lowest BCUT2D eigenvalue weighted by Gasteiger charge is -2.05. The van der Waals surface area contributed by atoms with Crippen LogP contribution in [0.4, 0.5) is 5.69 Å². The molecule has 0 bridgehead atoms. The number of unbranched alkanes of at least 4 members (excludes halogenated alkanes) is 3. The van der Waals surface area contributed by atoms with Crippen LogP contribution < -0.4 is 11.3 Å². The fourth-order valence-electron chi connectivity index (χ4n) is 1.45. The number of nitrogen functional groups attached to an aromatic ring is 1. The number of hydrogen-bond donors (Lipinski definition) is 2. The lowest BCUT2D eigenvalue weighted by molar-refractivity contribution is 0.114. The lowest BCUT2D eigenvalue weighted by Crippen LogP contribution is -2.07. The average Bonchev–Trinajstić information content (AvgIpc) is 2.34. The van der Waals surface area contributed by atoms with Crippen molar-refractivity contribution < 1.29 is 4.74 Å². The van der Waals surface area contributed by atoms with Gasteiger partial charge in [-0.2, -0.15) is 0 Å². The van der Waals surface area contributed by atoms with E-state index < -0.39 is 0 Å². The summed E-state index contributed by atoms with van der Waals surface area (Å²) in [5.41, 5.74) is 4.36. The second-order valence-corrected chi connectivity index (χ2v) is 3.79. The van der Waals surface area contributed by atoms with Crippen LogP contribution in [-0.4, -0.2) is 11.6 Å². The molecule has 4 heteroatoms. The summed E-state index contributed by atoms with van der Waals surface area (Å²) >= 11 is 0. The Morgan fingerprint density at radius 1 is 1.38 bits per heavy atom. The molecular weight excluding hydrogens is 202 g/mol. The molecule has 0 aliphatic carbocycles. The smallest absolute Gasteiger partial charge is 0.0888 e. The average molecular weight is 223 g/mol. The number of nitrogens with one attached hydrogen (secondary N) is 1. The van der Waals surface area contributed by atoms with Gasteiger partial charge >= 0.3 is 0 Å². The predicted molar refractivity (Wildman–Crippen MR) is 65.8 cm³/mol. The zero-order valence-corrected chi connectivity index (χ0v) is 9.91. The van der Waals surface area contributed by atoms with E-state index in [9.17, 15) is 0 Å². The largest absolute Gasteiger partial charge is 0.375 e. The molecule has 0 atom stereocenters. The topological polar surface area (TPSA) is 60.2 Å². The molecule has 0 aromatic carbocycles. The van der Waals surface area contributed by atoms with Crippen LogP contribution in [-0.2, 0) is 11.3 Å². The number of anilines is 1. The van der Waals surface area contributed by atoms with Gasteiger partial charge in [0.05, 0.1) is 18.0 Å². The number of nitrogens with two attached hydrogens (primary N) is 1. The van der Waals surface area contributed by atoms with E-state index >= 15 is 0 Å². The molecule has 90 valence electrons. The van der Waals surface area contributed by atoms with E-state index in [2.05, 4.69) is 17.3 Å². The van der Waals surface area contributed by atoms with Crippen LogP contribution in [0.1, 0.15) is 38.3 Å². The summed E-state index contributed by atoms with van der Waals surface area (Å²) in [5.74, 6) is 5.31. The number of aromatic nitrogens is 1. The van der Waals surface area contributed by atoms with E-state index in [1.165, 1.54) is 19.3 Å². The number of ether oxygens (including phenoxy) is 1. The Kier molecular flexibility index (Phi) is 6.53. The summed E-state index contributed by atoms with van der Waals surface area (Å²) in [7, 11) is 0. The van der Waals surface area contributed by atoms with Crippen molar-refractivity contribution >= 4 is 5.69 Å². The van der Waals surface area contributed by atoms with Crippen molar-refractivity contribution in [1.82, 2.24) is 4.98 Å². The molecule has 0 saturated heterocycles. The summed E-state index contributed by atoms with van der Waals surface area (Å²) < 4.78 is 5.53. The van der Waals surface area contributed by atoms with Gasteiger partial charge < -0.3 is 10.2 Å². The van der Waals surface area contributed by atoms with Crippen LogP contribution in [0.15, 0.2) is 18.3 Å². The summed E-state index contributed by atoms with van der Waals surface area (Å²) in [4.78, 5) is 4.20. The molecule has 3 N–H and O–H groups in total. The Morgan fingerprint density at radius 3 is 3.00 bits per heavy atom. The van der Waals surface area contributed by atoms with Gasteiger partial charge in [-0.3, -0.25) is 10.8 Å². The number of hydrazine groups is 1. The van der Waals surface area contributed by atoms with Gasteiger partial charge in [0.25, 0.3) is 0 Å². The molecule has 1 heterocycles. The first-order valence-corrected chi connectivity index (χ1v) is 5.86. The maximum atomic E-state index is 5.53. The maximum Gasteiger partial charge on any atom is 0.0888 e. The van der Waals surface area contributed by atoms with Crippen LogP contribution in [0.2, 0.25) is 0 Å². The summed E-state index contributed by atoms with van der Waals surface area (Å²) in [5, 5.41) is 0. The third-order valence-electron chi connectivity index (χ3n) is 2.38. The maximum absolute atomic E-state index is 5.53. The molecule has 16 heavy (non-hydrogen) atoms. The van der Waals surface area contributed by atoms with E-state index in [-0.39, 0.29) is 0 Å². The number of hydrogen-bond acceptors (Lipinski definition) is 4. The second-order valence-electron chi connectivity index (χ2n) is 3.79. The van der Waals surface area contributed by atoms with Gasteiger partial charge in [0.1, 0.15) is 0 Å². The highest BCUT2D eigenvalue weighted by atomic mass is 16.5. The quantitative estimate of drug-likeness (QED) is 0.404. The molecule has 0 fully saturated rings. The van der Waals surface area contributed by atoms with Crippen LogP contribution in [0.3, 0.4) is 0 Å². The predicted octanol–water partition coefficient (Wildman–Crippen LogP) is 2.46. The molecule has 0 aliphatic heterocycles. The van der Waals surface area contributed by atoms with Crippen molar-refractivity contribution in [2.24, 2.45) is 5.84 Å².